The average Bonchev–Trinajstić information content (AvgIpc) is 2.17. The van der Waals surface area contributed by atoms with Gasteiger partial charge in [0.05, 0.1) is 6.10 Å². The number of carboxylic acid groups (broad SMARTS) is 1. The fraction of sp³-hybridized carbons (Fsp3) is 0.889. The Kier molecular flexibility index (Phi) is 3.69. The Labute approximate surface area is 78.1 Å². The number of hydrogen-bond donors (Lipinski definition) is 2. The van der Waals surface area contributed by atoms with Gasteiger partial charge in [0, 0.05) is 7.11 Å². The Morgan fingerprint density at radius 3 is 2.38 bits per heavy atom. The lowest BCUT2D eigenvalue weighted by Gasteiger charge is -2.29. The molecule has 0 aromatic rings. The summed E-state index contributed by atoms with van der Waals surface area (Å²) in [4.78, 5) is 10.6. The number of aliphatic carboxylic acids is 1. The summed E-state index contributed by atoms with van der Waals surface area (Å²) < 4.78 is 5.19. The summed E-state index contributed by atoms with van der Waals surface area (Å²) in [6.45, 7) is 0. The molecular weight excluding hydrogens is 170 g/mol. The lowest BCUT2D eigenvalue weighted by molar-refractivity contribution is -0.140. The molecule has 1 atom stereocenters. The minimum Gasteiger partial charge on any atom is -0.480 e. The summed E-state index contributed by atoms with van der Waals surface area (Å²) in [5.41, 5.74) is 5.54. The number of carboxylic acids is 1. The van der Waals surface area contributed by atoms with Gasteiger partial charge in [0.15, 0.2) is 0 Å². The van der Waals surface area contributed by atoms with Gasteiger partial charge < -0.3 is 15.6 Å². The molecule has 0 spiro atoms. The Balaban J connectivity index is 2.36. The van der Waals surface area contributed by atoms with E-state index in [2.05, 4.69) is 0 Å². The van der Waals surface area contributed by atoms with Gasteiger partial charge in [-0.3, -0.25) is 4.79 Å². The van der Waals surface area contributed by atoms with Crippen molar-refractivity contribution in [1.29, 1.82) is 0 Å². The second kappa shape index (κ2) is 4.58. The zero-order valence-corrected chi connectivity index (χ0v) is 7.90. The van der Waals surface area contributed by atoms with E-state index in [1.807, 2.05) is 0 Å². The molecule has 0 heterocycles. The van der Waals surface area contributed by atoms with Crippen LogP contribution in [0, 0.1) is 5.92 Å². The second-order valence-corrected chi connectivity index (χ2v) is 3.64. The van der Waals surface area contributed by atoms with Crippen molar-refractivity contribution in [1.82, 2.24) is 0 Å². The summed E-state index contributed by atoms with van der Waals surface area (Å²) in [5.74, 6) is -0.759. The van der Waals surface area contributed by atoms with Crippen molar-refractivity contribution in [2.75, 3.05) is 7.11 Å². The molecule has 0 aromatic heterocycles. The normalized spacial score (nSPS) is 31.2. The third kappa shape index (κ3) is 2.67. The maximum atomic E-state index is 10.6. The van der Waals surface area contributed by atoms with Crippen molar-refractivity contribution in [3.05, 3.63) is 0 Å². The molecule has 0 bridgehead atoms. The topological polar surface area (TPSA) is 72.5 Å². The monoisotopic (exact) mass is 187 g/mol. The van der Waals surface area contributed by atoms with Crippen LogP contribution in [0.2, 0.25) is 0 Å². The zero-order valence-electron chi connectivity index (χ0n) is 7.90. The molecule has 0 saturated heterocycles. The minimum absolute atomic E-state index is 0.129. The van der Waals surface area contributed by atoms with Crippen LogP contribution in [0.15, 0.2) is 0 Å². The first-order valence-electron chi connectivity index (χ1n) is 4.66. The third-order valence-corrected chi connectivity index (χ3v) is 2.85. The fourth-order valence-electron chi connectivity index (χ4n) is 1.89. The van der Waals surface area contributed by atoms with Crippen molar-refractivity contribution in [3.8, 4) is 0 Å². The Morgan fingerprint density at radius 1 is 1.46 bits per heavy atom. The molecule has 0 aromatic carbocycles. The van der Waals surface area contributed by atoms with Gasteiger partial charge in [-0.15, -0.1) is 0 Å². The van der Waals surface area contributed by atoms with E-state index < -0.39 is 12.0 Å². The lowest BCUT2D eigenvalue weighted by atomic mass is 9.83. The Hall–Kier alpha value is -0.610. The first-order chi connectivity index (χ1) is 6.15. The third-order valence-electron chi connectivity index (χ3n) is 2.85. The summed E-state index contributed by atoms with van der Waals surface area (Å²) in [6, 6.07) is -0.696. The number of ether oxygens (including phenoxy) is 1. The predicted molar refractivity (Wildman–Crippen MR) is 48.4 cm³/mol. The van der Waals surface area contributed by atoms with E-state index in [-0.39, 0.29) is 5.92 Å². The molecule has 0 aliphatic heterocycles. The van der Waals surface area contributed by atoms with E-state index in [9.17, 15) is 4.79 Å². The van der Waals surface area contributed by atoms with Crippen molar-refractivity contribution in [3.63, 3.8) is 0 Å². The quantitative estimate of drug-likeness (QED) is 0.678. The summed E-state index contributed by atoms with van der Waals surface area (Å²) in [7, 11) is 1.70. The molecular formula is C9H17NO3. The van der Waals surface area contributed by atoms with E-state index in [4.69, 9.17) is 15.6 Å². The minimum atomic E-state index is -0.888. The molecule has 0 unspecified atom stereocenters. The highest BCUT2D eigenvalue weighted by Gasteiger charge is 2.28. The van der Waals surface area contributed by atoms with Gasteiger partial charge in [0.2, 0.25) is 0 Å². The van der Waals surface area contributed by atoms with Gasteiger partial charge in [-0.25, -0.2) is 0 Å². The number of nitrogens with two attached hydrogens (primary N) is 1. The highest BCUT2D eigenvalue weighted by Crippen LogP contribution is 2.27. The van der Waals surface area contributed by atoms with Gasteiger partial charge in [-0.1, -0.05) is 0 Å². The second-order valence-electron chi connectivity index (χ2n) is 3.64. The maximum Gasteiger partial charge on any atom is 0.320 e. The first-order valence-corrected chi connectivity index (χ1v) is 4.66. The molecule has 76 valence electrons. The van der Waals surface area contributed by atoms with Crippen LogP contribution in [0.4, 0.5) is 0 Å². The average molecular weight is 187 g/mol. The molecule has 1 aliphatic rings. The number of methoxy groups -OCH3 is 1. The van der Waals surface area contributed by atoms with Crippen molar-refractivity contribution in [2.24, 2.45) is 11.7 Å². The Bertz CT molecular complexity index is 176. The molecule has 1 rings (SSSR count). The summed E-state index contributed by atoms with van der Waals surface area (Å²) in [5, 5.41) is 8.70. The molecule has 0 amide bonds. The van der Waals surface area contributed by atoms with Crippen molar-refractivity contribution in [2.45, 2.75) is 37.8 Å². The van der Waals surface area contributed by atoms with E-state index in [0.29, 0.717) is 6.10 Å². The van der Waals surface area contributed by atoms with Crippen LogP contribution in [0.3, 0.4) is 0 Å². The van der Waals surface area contributed by atoms with Crippen LogP contribution in [-0.4, -0.2) is 30.3 Å². The van der Waals surface area contributed by atoms with Crippen LogP contribution in [-0.2, 0) is 9.53 Å². The van der Waals surface area contributed by atoms with E-state index in [0.717, 1.165) is 25.7 Å². The van der Waals surface area contributed by atoms with E-state index in [1.54, 1.807) is 7.11 Å². The highest BCUT2D eigenvalue weighted by atomic mass is 16.5. The molecule has 3 N–H and O–H groups in total. The smallest absolute Gasteiger partial charge is 0.320 e. The molecule has 13 heavy (non-hydrogen) atoms. The van der Waals surface area contributed by atoms with Crippen LogP contribution in [0.5, 0.6) is 0 Å². The van der Waals surface area contributed by atoms with Gasteiger partial charge in [-0.2, -0.15) is 0 Å². The number of carbonyl (C=O) groups is 1. The van der Waals surface area contributed by atoms with Crippen LogP contribution < -0.4 is 5.73 Å². The molecule has 1 aliphatic carbocycles. The van der Waals surface area contributed by atoms with Gasteiger partial charge >= 0.3 is 5.97 Å². The van der Waals surface area contributed by atoms with Crippen LogP contribution >= 0.6 is 0 Å². The summed E-state index contributed by atoms with van der Waals surface area (Å²) >= 11 is 0. The molecule has 4 nitrogen and oxygen atoms in total. The number of hydrogen-bond acceptors (Lipinski definition) is 3. The van der Waals surface area contributed by atoms with Crippen LogP contribution in [0.1, 0.15) is 25.7 Å². The van der Waals surface area contributed by atoms with Crippen LogP contribution in [0.25, 0.3) is 0 Å². The first kappa shape index (κ1) is 10.5. The molecule has 0 radical (unpaired) electrons. The summed E-state index contributed by atoms with van der Waals surface area (Å²) in [6.07, 6.45) is 3.90. The lowest BCUT2D eigenvalue weighted by Crippen LogP contribution is -2.40. The van der Waals surface area contributed by atoms with Gasteiger partial charge in [0.1, 0.15) is 6.04 Å². The van der Waals surface area contributed by atoms with Crippen molar-refractivity contribution < 1.29 is 14.6 Å². The van der Waals surface area contributed by atoms with Gasteiger partial charge in [-0.05, 0) is 31.6 Å². The zero-order chi connectivity index (χ0) is 9.84. The molecule has 1 saturated carbocycles. The van der Waals surface area contributed by atoms with E-state index in [1.165, 1.54) is 0 Å². The molecule has 4 heteroatoms. The van der Waals surface area contributed by atoms with Gasteiger partial charge in [0.25, 0.3) is 0 Å². The highest BCUT2D eigenvalue weighted by molar-refractivity contribution is 5.73. The van der Waals surface area contributed by atoms with E-state index >= 15 is 0 Å². The SMILES string of the molecule is COC1CCC([C@H](N)C(=O)O)CC1. The number of rotatable bonds is 3. The maximum absolute atomic E-state index is 10.6. The largest absolute Gasteiger partial charge is 0.480 e. The van der Waals surface area contributed by atoms with Crippen molar-refractivity contribution >= 4 is 5.97 Å². The molecule has 1 fully saturated rings. The fourth-order valence-corrected chi connectivity index (χ4v) is 1.89. The standard InChI is InChI=1S/C9H17NO3/c1-13-7-4-2-6(3-5-7)8(10)9(11)12/h6-8H,2-5,10H2,1H3,(H,11,12)/t6?,7?,8-/m0/s1. The Morgan fingerprint density at radius 2 is 2.00 bits per heavy atom. The predicted octanol–water partition coefficient (Wildman–Crippen LogP) is 0.603.